The third-order valence-electron chi connectivity index (χ3n) is 4.47. The summed E-state index contributed by atoms with van der Waals surface area (Å²) >= 11 is 0. The Morgan fingerprint density at radius 2 is 1.76 bits per heavy atom. The summed E-state index contributed by atoms with van der Waals surface area (Å²) < 4.78 is 2.15. The number of nitrogens with one attached hydrogen (secondary N) is 1. The zero-order valence-electron chi connectivity index (χ0n) is 15.1. The van der Waals surface area contributed by atoms with Gasteiger partial charge in [-0.1, -0.05) is 24.6 Å². The van der Waals surface area contributed by atoms with Gasteiger partial charge in [0.15, 0.2) is 0 Å². The molecule has 1 aromatic carbocycles. The molecule has 0 aliphatic carbocycles. The quantitative estimate of drug-likeness (QED) is 0.683. The van der Waals surface area contributed by atoms with E-state index in [4.69, 9.17) is 0 Å². The van der Waals surface area contributed by atoms with E-state index >= 15 is 0 Å². The second-order valence-electron chi connectivity index (χ2n) is 6.44. The smallest absolute Gasteiger partial charge is 0.318 e. The maximum Gasteiger partial charge on any atom is 0.329 e. The number of nitrogens with zero attached hydrogens (tertiary/aromatic N) is 2. The third kappa shape index (κ3) is 3.09. The van der Waals surface area contributed by atoms with Gasteiger partial charge >= 0.3 is 6.03 Å². The van der Waals surface area contributed by atoms with E-state index < -0.39 is 0 Å². The van der Waals surface area contributed by atoms with E-state index in [1.807, 2.05) is 26.8 Å². The minimum absolute atomic E-state index is 0.257. The Morgan fingerprint density at radius 3 is 2.40 bits per heavy atom. The van der Waals surface area contributed by atoms with E-state index in [9.17, 15) is 9.59 Å². The molecule has 0 bridgehead atoms. The number of imide groups is 1. The number of aromatic nitrogens is 1. The summed E-state index contributed by atoms with van der Waals surface area (Å²) in [7, 11) is 0. The van der Waals surface area contributed by atoms with Crippen LogP contribution in [0.2, 0.25) is 0 Å². The Labute approximate surface area is 147 Å². The van der Waals surface area contributed by atoms with Crippen molar-refractivity contribution in [2.75, 3.05) is 6.54 Å². The molecule has 1 aliphatic rings. The normalized spacial score (nSPS) is 16.0. The molecule has 3 amide bonds. The lowest BCUT2D eigenvalue weighted by Crippen LogP contribution is -2.31. The van der Waals surface area contributed by atoms with E-state index in [0.717, 1.165) is 29.1 Å². The number of hydrogen-bond acceptors (Lipinski definition) is 2. The molecule has 1 saturated heterocycles. The van der Waals surface area contributed by atoms with Crippen LogP contribution in [0.4, 0.5) is 4.79 Å². The van der Waals surface area contributed by atoms with Crippen molar-refractivity contribution in [1.29, 1.82) is 0 Å². The van der Waals surface area contributed by atoms with Gasteiger partial charge < -0.3 is 9.88 Å². The fraction of sp³-hybridized carbons (Fsp3) is 0.300. The molecule has 0 saturated carbocycles. The summed E-state index contributed by atoms with van der Waals surface area (Å²) in [6, 6.07) is 10.0. The monoisotopic (exact) mass is 337 g/mol. The predicted molar refractivity (Wildman–Crippen MR) is 98.5 cm³/mol. The highest BCUT2D eigenvalue weighted by atomic mass is 16.2. The number of benzene rings is 1. The summed E-state index contributed by atoms with van der Waals surface area (Å²) in [5.74, 6) is -0.257. The van der Waals surface area contributed by atoms with Crippen molar-refractivity contribution in [3.63, 3.8) is 0 Å². The highest BCUT2D eigenvalue weighted by molar-refractivity contribution is 6.14. The number of amides is 3. The van der Waals surface area contributed by atoms with Crippen molar-refractivity contribution in [2.45, 2.75) is 34.1 Å². The van der Waals surface area contributed by atoms with E-state index in [0.29, 0.717) is 12.2 Å². The van der Waals surface area contributed by atoms with Crippen LogP contribution in [0.25, 0.3) is 11.8 Å². The standard InChI is InChI=1S/C20H23N3O2/c1-5-10-22-19(24)18(21-20(22)25)12-16-11-14(3)23(15(16)4)17-8-6-13(2)7-9-17/h6-9,11-12H,5,10H2,1-4H3,(H,21,25)/b18-12-. The lowest BCUT2D eigenvalue weighted by atomic mass is 10.2. The number of aryl methyl sites for hydroxylation is 2. The van der Waals surface area contributed by atoms with Gasteiger partial charge in [-0.15, -0.1) is 0 Å². The van der Waals surface area contributed by atoms with Gasteiger partial charge in [-0.25, -0.2) is 4.79 Å². The number of urea groups is 1. The largest absolute Gasteiger partial charge is 0.329 e. The van der Waals surface area contributed by atoms with Gasteiger partial charge in [0, 0.05) is 23.6 Å². The second kappa shape index (κ2) is 6.59. The average molecular weight is 337 g/mol. The van der Waals surface area contributed by atoms with E-state index in [1.54, 1.807) is 6.08 Å². The molecule has 5 nitrogen and oxygen atoms in total. The minimum atomic E-state index is -0.342. The van der Waals surface area contributed by atoms with Gasteiger partial charge in [-0.05, 0) is 57.0 Å². The summed E-state index contributed by atoms with van der Waals surface area (Å²) in [6.07, 6.45) is 2.51. The lowest BCUT2D eigenvalue weighted by molar-refractivity contribution is -0.122. The van der Waals surface area contributed by atoms with E-state index in [2.05, 4.69) is 41.1 Å². The topological polar surface area (TPSA) is 54.3 Å². The number of rotatable bonds is 4. The van der Waals surface area contributed by atoms with Crippen LogP contribution in [0.15, 0.2) is 36.0 Å². The van der Waals surface area contributed by atoms with E-state index in [1.165, 1.54) is 10.5 Å². The van der Waals surface area contributed by atoms with Gasteiger partial charge in [-0.2, -0.15) is 0 Å². The van der Waals surface area contributed by atoms with Crippen LogP contribution >= 0.6 is 0 Å². The summed E-state index contributed by atoms with van der Waals surface area (Å²) in [5, 5.41) is 2.68. The number of carbonyl (C=O) groups is 2. The minimum Gasteiger partial charge on any atom is -0.318 e. The molecule has 0 atom stereocenters. The Morgan fingerprint density at radius 1 is 1.08 bits per heavy atom. The van der Waals surface area contributed by atoms with Gasteiger partial charge in [0.25, 0.3) is 5.91 Å². The molecular formula is C20H23N3O2. The zero-order valence-corrected chi connectivity index (χ0v) is 15.1. The van der Waals surface area contributed by atoms with Crippen molar-refractivity contribution in [1.82, 2.24) is 14.8 Å². The maximum atomic E-state index is 12.4. The first-order valence-electron chi connectivity index (χ1n) is 8.53. The molecule has 2 heterocycles. The molecule has 0 spiro atoms. The van der Waals surface area contributed by atoms with Crippen LogP contribution in [0.1, 0.15) is 35.9 Å². The molecule has 1 aliphatic heterocycles. The molecule has 0 radical (unpaired) electrons. The van der Waals surface area contributed by atoms with Crippen molar-refractivity contribution in [3.8, 4) is 5.69 Å². The number of carbonyl (C=O) groups excluding carboxylic acids is 2. The van der Waals surface area contributed by atoms with Crippen LogP contribution < -0.4 is 5.32 Å². The molecule has 130 valence electrons. The second-order valence-corrected chi connectivity index (χ2v) is 6.44. The maximum absolute atomic E-state index is 12.4. The predicted octanol–water partition coefficient (Wildman–Crippen LogP) is 3.71. The molecule has 1 fully saturated rings. The average Bonchev–Trinajstić information content (AvgIpc) is 3.00. The molecular weight excluding hydrogens is 314 g/mol. The third-order valence-corrected chi connectivity index (χ3v) is 4.47. The zero-order chi connectivity index (χ0) is 18.1. The van der Waals surface area contributed by atoms with Gasteiger partial charge in [0.1, 0.15) is 5.70 Å². The highest BCUT2D eigenvalue weighted by Gasteiger charge is 2.32. The van der Waals surface area contributed by atoms with Crippen LogP contribution in [0, 0.1) is 20.8 Å². The van der Waals surface area contributed by atoms with Crippen LogP contribution in [-0.2, 0) is 4.79 Å². The summed E-state index contributed by atoms with van der Waals surface area (Å²) in [4.78, 5) is 25.6. The highest BCUT2D eigenvalue weighted by Crippen LogP contribution is 2.24. The Kier molecular flexibility index (Phi) is 4.49. The van der Waals surface area contributed by atoms with Crippen molar-refractivity contribution >= 4 is 18.0 Å². The lowest BCUT2D eigenvalue weighted by Gasteiger charge is -2.10. The van der Waals surface area contributed by atoms with E-state index in [-0.39, 0.29) is 11.9 Å². The summed E-state index contributed by atoms with van der Waals surface area (Å²) in [6.45, 7) is 8.49. The first kappa shape index (κ1) is 17.0. The van der Waals surface area contributed by atoms with Gasteiger partial charge in [-0.3, -0.25) is 9.69 Å². The van der Waals surface area contributed by atoms with Crippen molar-refractivity contribution < 1.29 is 9.59 Å². The summed E-state index contributed by atoms with van der Waals surface area (Å²) in [5.41, 5.74) is 5.67. The van der Waals surface area contributed by atoms with Crippen LogP contribution in [-0.4, -0.2) is 28.0 Å². The molecule has 1 N–H and O–H groups in total. The van der Waals surface area contributed by atoms with Crippen molar-refractivity contribution in [2.24, 2.45) is 0 Å². The first-order valence-corrected chi connectivity index (χ1v) is 8.53. The Bertz CT molecular complexity index is 860. The molecule has 1 aromatic heterocycles. The number of hydrogen-bond donors (Lipinski definition) is 1. The first-order chi connectivity index (χ1) is 11.9. The van der Waals surface area contributed by atoms with Crippen molar-refractivity contribution in [3.05, 3.63) is 58.5 Å². The van der Waals surface area contributed by atoms with Crippen LogP contribution in [0.5, 0.6) is 0 Å². The fourth-order valence-corrected chi connectivity index (χ4v) is 3.18. The molecule has 5 heteroatoms. The molecule has 2 aromatic rings. The van der Waals surface area contributed by atoms with Crippen LogP contribution in [0.3, 0.4) is 0 Å². The Balaban J connectivity index is 1.97. The molecule has 0 unspecified atom stereocenters. The van der Waals surface area contributed by atoms with Gasteiger partial charge in [0.05, 0.1) is 0 Å². The Hall–Kier alpha value is -2.82. The fourth-order valence-electron chi connectivity index (χ4n) is 3.18. The molecule has 3 rings (SSSR count). The molecule has 25 heavy (non-hydrogen) atoms. The van der Waals surface area contributed by atoms with Gasteiger partial charge in [0.2, 0.25) is 0 Å². The SMILES string of the molecule is CCCN1C(=O)N/C(=C\c2cc(C)n(-c3ccc(C)cc3)c2C)C1=O.